The molecule has 4 heteroatoms. The van der Waals surface area contributed by atoms with Gasteiger partial charge in [-0.15, -0.1) is 0 Å². The summed E-state index contributed by atoms with van der Waals surface area (Å²) in [6.07, 6.45) is 2.08. The second kappa shape index (κ2) is 7.44. The van der Waals surface area contributed by atoms with Crippen LogP contribution in [-0.4, -0.2) is 11.5 Å². The molecule has 132 valence electrons. The maximum atomic E-state index is 11.4. The molecule has 1 atom stereocenters. The first-order valence-corrected chi connectivity index (χ1v) is 9.85. The van der Waals surface area contributed by atoms with E-state index < -0.39 is 0 Å². The molecule has 1 aromatic heterocycles. The van der Waals surface area contributed by atoms with Gasteiger partial charge in [0.2, 0.25) is 0 Å². The van der Waals surface area contributed by atoms with Crippen molar-refractivity contribution in [1.29, 1.82) is 0 Å². The molecule has 0 radical (unpaired) electrons. The predicted molar refractivity (Wildman–Crippen MR) is 111 cm³/mol. The van der Waals surface area contributed by atoms with Crippen LogP contribution in [0.3, 0.4) is 0 Å². The van der Waals surface area contributed by atoms with Crippen LogP contribution < -0.4 is 10.2 Å². The van der Waals surface area contributed by atoms with Crippen LogP contribution in [0.1, 0.15) is 30.5 Å². The molecular formula is C22H22N2OS. The first kappa shape index (κ1) is 17.0. The summed E-state index contributed by atoms with van der Waals surface area (Å²) < 4.78 is 1.05. The van der Waals surface area contributed by atoms with Gasteiger partial charge in [-0.2, -0.15) is 0 Å². The van der Waals surface area contributed by atoms with Crippen molar-refractivity contribution in [2.45, 2.75) is 25.8 Å². The van der Waals surface area contributed by atoms with Crippen molar-refractivity contribution in [3.63, 3.8) is 0 Å². The van der Waals surface area contributed by atoms with Crippen LogP contribution in [-0.2, 0) is 6.42 Å². The number of H-pyrrole nitrogens is 1. The van der Waals surface area contributed by atoms with E-state index in [2.05, 4.69) is 71.8 Å². The minimum Gasteiger partial charge on any atom is -0.312 e. The Balaban J connectivity index is 1.37. The Bertz CT molecular complexity index is 1090. The lowest BCUT2D eigenvalue weighted by molar-refractivity contribution is 0.561. The van der Waals surface area contributed by atoms with E-state index in [4.69, 9.17) is 0 Å². The molecule has 0 bridgehead atoms. The molecule has 4 rings (SSSR count). The van der Waals surface area contributed by atoms with Gasteiger partial charge in [-0.1, -0.05) is 59.9 Å². The topological polar surface area (TPSA) is 44.9 Å². The van der Waals surface area contributed by atoms with Crippen LogP contribution in [0.2, 0.25) is 0 Å². The summed E-state index contributed by atoms with van der Waals surface area (Å²) >= 11 is 1.28. The van der Waals surface area contributed by atoms with Crippen LogP contribution in [0.5, 0.6) is 0 Å². The van der Waals surface area contributed by atoms with Crippen molar-refractivity contribution in [2.75, 3.05) is 6.54 Å². The molecular weight excluding hydrogens is 340 g/mol. The number of hydrogen-bond acceptors (Lipinski definition) is 3. The number of aromatic nitrogens is 1. The molecule has 0 saturated carbocycles. The van der Waals surface area contributed by atoms with Crippen LogP contribution in [0.25, 0.3) is 21.0 Å². The standard InChI is InChI=1S/C22H22N2OS/c1-15(18-10-4-8-17-7-2-3-9-19(17)18)23-13-5-6-16-11-12-20-21(14-16)26-22(25)24-20/h2-4,7-12,14-15,23H,5-6,13H2,1H3,(H,24,25). The summed E-state index contributed by atoms with van der Waals surface area (Å²) in [6.45, 7) is 3.19. The first-order chi connectivity index (χ1) is 12.7. The predicted octanol–water partition coefficient (Wildman–Crippen LogP) is 5.03. The second-order valence-corrected chi connectivity index (χ2v) is 7.71. The van der Waals surface area contributed by atoms with Crippen molar-refractivity contribution in [1.82, 2.24) is 10.3 Å². The number of aromatic amines is 1. The second-order valence-electron chi connectivity index (χ2n) is 6.69. The lowest BCUT2D eigenvalue weighted by Gasteiger charge is -2.16. The van der Waals surface area contributed by atoms with Crippen LogP contribution in [0, 0.1) is 0 Å². The lowest BCUT2D eigenvalue weighted by Crippen LogP contribution is -2.20. The molecule has 0 aliphatic carbocycles. The van der Waals surface area contributed by atoms with E-state index in [1.165, 1.54) is 33.2 Å². The lowest BCUT2D eigenvalue weighted by atomic mass is 9.99. The van der Waals surface area contributed by atoms with Gasteiger partial charge in [0.1, 0.15) is 0 Å². The van der Waals surface area contributed by atoms with E-state index >= 15 is 0 Å². The fourth-order valence-electron chi connectivity index (χ4n) is 3.49. The monoisotopic (exact) mass is 362 g/mol. The summed E-state index contributed by atoms with van der Waals surface area (Å²) in [4.78, 5) is 14.3. The van der Waals surface area contributed by atoms with Crippen molar-refractivity contribution in [3.05, 3.63) is 81.5 Å². The molecule has 4 aromatic rings. The van der Waals surface area contributed by atoms with Crippen LogP contribution >= 0.6 is 11.3 Å². The molecule has 2 N–H and O–H groups in total. The number of fused-ring (bicyclic) bond motifs is 2. The zero-order valence-corrected chi connectivity index (χ0v) is 15.6. The van der Waals surface area contributed by atoms with E-state index in [-0.39, 0.29) is 4.87 Å². The average Bonchev–Trinajstić information content (AvgIpc) is 3.04. The molecule has 3 nitrogen and oxygen atoms in total. The van der Waals surface area contributed by atoms with Gasteiger partial charge in [0, 0.05) is 6.04 Å². The molecule has 1 unspecified atom stereocenters. The van der Waals surface area contributed by atoms with Gasteiger partial charge in [0.05, 0.1) is 10.2 Å². The summed E-state index contributed by atoms with van der Waals surface area (Å²) in [7, 11) is 0. The van der Waals surface area contributed by atoms with E-state index in [1.54, 1.807) is 0 Å². The van der Waals surface area contributed by atoms with Crippen molar-refractivity contribution < 1.29 is 0 Å². The van der Waals surface area contributed by atoms with Crippen molar-refractivity contribution in [3.8, 4) is 0 Å². The van der Waals surface area contributed by atoms with Gasteiger partial charge in [-0.05, 0) is 60.3 Å². The Kier molecular flexibility index (Phi) is 4.87. The largest absolute Gasteiger partial charge is 0.312 e. The first-order valence-electron chi connectivity index (χ1n) is 9.03. The number of aryl methyl sites for hydroxylation is 1. The smallest absolute Gasteiger partial charge is 0.305 e. The Hall–Kier alpha value is -2.43. The summed E-state index contributed by atoms with van der Waals surface area (Å²) in [5, 5.41) is 6.26. The van der Waals surface area contributed by atoms with E-state index in [0.29, 0.717) is 6.04 Å². The third-order valence-electron chi connectivity index (χ3n) is 4.87. The number of nitrogens with one attached hydrogen (secondary N) is 2. The molecule has 26 heavy (non-hydrogen) atoms. The highest BCUT2D eigenvalue weighted by Gasteiger charge is 2.08. The normalized spacial score (nSPS) is 12.7. The highest BCUT2D eigenvalue weighted by atomic mass is 32.1. The maximum Gasteiger partial charge on any atom is 0.305 e. The quantitative estimate of drug-likeness (QED) is 0.473. The molecule has 0 saturated heterocycles. The fourth-order valence-corrected chi connectivity index (χ4v) is 4.29. The SMILES string of the molecule is CC(NCCCc1ccc2[nH]c(=O)sc2c1)c1cccc2ccccc12. The fraction of sp³-hybridized carbons (Fsp3) is 0.227. The summed E-state index contributed by atoms with van der Waals surface area (Å²) in [6, 6.07) is 21.6. The number of hydrogen-bond donors (Lipinski definition) is 2. The third kappa shape index (κ3) is 3.57. The number of thiazole rings is 1. The van der Waals surface area contributed by atoms with Gasteiger partial charge in [0.15, 0.2) is 0 Å². The van der Waals surface area contributed by atoms with Gasteiger partial charge < -0.3 is 10.3 Å². The van der Waals surface area contributed by atoms with Crippen LogP contribution in [0.4, 0.5) is 0 Å². The minimum absolute atomic E-state index is 0.0164. The van der Waals surface area contributed by atoms with Gasteiger partial charge in [0.25, 0.3) is 0 Å². The van der Waals surface area contributed by atoms with Crippen molar-refractivity contribution in [2.24, 2.45) is 0 Å². The Morgan fingerprint density at radius 2 is 1.92 bits per heavy atom. The van der Waals surface area contributed by atoms with Gasteiger partial charge in [-0.25, -0.2) is 0 Å². The molecule has 0 aliphatic rings. The highest BCUT2D eigenvalue weighted by molar-refractivity contribution is 7.16. The van der Waals surface area contributed by atoms with Gasteiger partial charge >= 0.3 is 4.87 Å². The Morgan fingerprint density at radius 3 is 2.85 bits per heavy atom. The van der Waals surface area contributed by atoms with Crippen LogP contribution in [0.15, 0.2) is 65.5 Å². The summed E-state index contributed by atoms with van der Waals surface area (Å²) in [5.41, 5.74) is 3.57. The zero-order chi connectivity index (χ0) is 17.9. The number of benzene rings is 3. The molecule has 1 heterocycles. The molecule has 0 amide bonds. The van der Waals surface area contributed by atoms with E-state index in [9.17, 15) is 4.79 Å². The van der Waals surface area contributed by atoms with E-state index in [0.717, 1.165) is 29.6 Å². The zero-order valence-electron chi connectivity index (χ0n) is 14.8. The maximum absolute atomic E-state index is 11.4. The minimum atomic E-state index is 0.0164. The molecule has 0 spiro atoms. The molecule has 3 aromatic carbocycles. The number of rotatable bonds is 6. The third-order valence-corrected chi connectivity index (χ3v) is 5.71. The highest BCUT2D eigenvalue weighted by Crippen LogP contribution is 2.24. The van der Waals surface area contributed by atoms with E-state index in [1.807, 2.05) is 6.07 Å². The molecule has 0 aliphatic heterocycles. The average molecular weight is 362 g/mol. The Labute approximate surface area is 156 Å². The summed E-state index contributed by atoms with van der Waals surface area (Å²) in [5.74, 6) is 0. The Morgan fingerprint density at radius 1 is 1.08 bits per heavy atom. The molecule has 0 fully saturated rings. The van der Waals surface area contributed by atoms with Gasteiger partial charge in [-0.3, -0.25) is 4.79 Å². The van der Waals surface area contributed by atoms with Crippen molar-refractivity contribution >= 4 is 32.3 Å².